The number of carbonyl (C=O) groups is 1. The number of hydrogen-bond donors (Lipinski definition) is 3. The van der Waals surface area contributed by atoms with E-state index in [9.17, 15) is 9.59 Å². The molecule has 0 spiro atoms. The molecule has 7 heteroatoms. The fourth-order valence-electron chi connectivity index (χ4n) is 3.20. The summed E-state index contributed by atoms with van der Waals surface area (Å²) in [6, 6.07) is 8.87. The second kappa shape index (κ2) is 8.27. The maximum absolute atomic E-state index is 12.1. The Hall–Kier alpha value is -2.18. The molecule has 6 nitrogen and oxygen atoms in total. The quantitative estimate of drug-likeness (QED) is 0.778. The van der Waals surface area contributed by atoms with E-state index in [-0.39, 0.29) is 35.8 Å². The van der Waals surface area contributed by atoms with E-state index >= 15 is 0 Å². The van der Waals surface area contributed by atoms with Gasteiger partial charge in [0.1, 0.15) is 5.82 Å². The molecule has 1 aliphatic rings. The lowest BCUT2D eigenvalue weighted by atomic mass is 10.00. The highest BCUT2D eigenvalue weighted by atomic mass is 35.5. The summed E-state index contributed by atoms with van der Waals surface area (Å²) in [5.41, 5.74) is 8.03. The molecule has 3 rings (SSSR count). The molecule has 1 amide bonds. The monoisotopic (exact) mass is 362 g/mol. The van der Waals surface area contributed by atoms with Crippen LogP contribution in [0.4, 0.5) is 5.69 Å². The predicted molar refractivity (Wildman–Crippen MR) is 101 cm³/mol. The molecule has 0 saturated heterocycles. The average Bonchev–Trinajstić information content (AvgIpc) is 2.92. The minimum absolute atomic E-state index is 0. The fraction of sp³-hybridized carbons (Fsp3) is 0.389. The number of H-pyrrole nitrogens is 1. The first-order chi connectivity index (χ1) is 11.5. The zero-order valence-electron chi connectivity index (χ0n) is 14.1. The molecular weight excluding hydrogens is 340 g/mol. The lowest BCUT2D eigenvalue weighted by molar-refractivity contribution is -0.117. The van der Waals surface area contributed by atoms with Gasteiger partial charge in [0.25, 0.3) is 5.56 Å². The van der Waals surface area contributed by atoms with Crippen LogP contribution in [0.2, 0.25) is 0 Å². The van der Waals surface area contributed by atoms with Gasteiger partial charge in [-0.05, 0) is 49.9 Å². The molecule has 2 aromatic rings. The van der Waals surface area contributed by atoms with E-state index < -0.39 is 0 Å². The van der Waals surface area contributed by atoms with Crippen molar-refractivity contribution in [3.05, 3.63) is 46.4 Å². The number of hydrogen-bond acceptors (Lipinski definition) is 4. The summed E-state index contributed by atoms with van der Waals surface area (Å²) in [5, 5.41) is 2.90. The Morgan fingerprint density at radius 1 is 1.32 bits per heavy atom. The molecule has 4 N–H and O–H groups in total. The summed E-state index contributed by atoms with van der Waals surface area (Å²) >= 11 is 0. The molecule has 2 atom stereocenters. The van der Waals surface area contributed by atoms with Crippen LogP contribution in [0.25, 0.3) is 11.4 Å². The van der Waals surface area contributed by atoms with E-state index in [2.05, 4.69) is 15.3 Å². The number of amides is 1. The summed E-state index contributed by atoms with van der Waals surface area (Å²) in [4.78, 5) is 30.7. The van der Waals surface area contributed by atoms with Gasteiger partial charge in [0.15, 0.2) is 0 Å². The normalized spacial score (nSPS) is 19.3. The topological polar surface area (TPSA) is 101 Å². The minimum atomic E-state index is -0.178. The standard InChI is InChI=1S/C18H22N4O2.ClH/c1-11-9-16(23)22-18(20-11)12-5-7-14(8-6-12)21-17(24)10-13-3-2-4-15(13)19;/h5-9,13,15H,2-4,10,19H2,1H3,(H,21,24)(H,20,22,23);1H/t13-,15+;/m0./s1. The van der Waals surface area contributed by atoms with Gasteiger partial charge in [-0.1, -0.05) is 6.42 Å². The van der Waals surface area contributed by atoms with Gasteiger partial charge in [0.2, 0.25) is 5.91 Å². The van der Waals surface area contributed by atoms with E-state index in [1.807, 2.05) is 24.3 Å². The highest BCUT2D eigenvalue weighted by molar-refractivity contribution is 5.91. The number of aromatic amines is 1. The van der Waals surface area contributed by atoms with Crippen LogP contribution in [-0.2, 0) is 4.79 Å². The van der Waals surface area contributed by atoms with Crippen LogP contribution < -0.4 is 16.6 Å². The van der Waals surface area contributed by atoms with Crippen molar-refractivity contribution < 1.29 is 4.79 Å². The number of aromatic nitrogens is 2. The summed E-state index contributed by atoms with van der Waals surface area (Å²) in [6.45, 7) is 1.78. The largest absolute Gasteiger partial charge is 0.327 e. The zero-order valence-corrected chi connectivity index (χ0v) is 14.9. The van der Waals surface area contributed by atoms with E-state index in [0.717, 1.165) is 30.5 Å². The Labute approximate surface area is 152 Å². The predicted octanol–water partition coefficient (Wildman–Crippen LogP) is 2.62. The van der Waals surface area contributed by atoms with Crippen molar-refractivity contribution in [2.24, 2.45) is 11.7 Å². The van der Waals surface area contributed by atoms with Gasteiger partial charge in [-0.15, -0.1) is 12.4 Å². The van der Waals surface area contributed by atoms with Crippen LogP contribution >= 0.6 is 12.4 Å². The second-order valence-electron chi connectivity index (χ2n) is 6.42. The zero-order chi connectivity index (χ0) is 17.1. The molecule has 0 aliphatic heterocycles. The van der Waals surface area contributed by atoms with Crippen molar-refractivity contribution in [2.75, 3.05) is 5.32 Å². The van der Waals surface area contributed by atoms with Crippen LogP contribution in [-0.4, -0.2) is 21.9 Å². The highest BCUT2D eigenvalue weighted by Crippen LogP contribution is 2.27. The third-order valence-electron chi connectivity index (χ3n) is 4.48. The first kappa shape index (κ1) is 19.1. The number of anilines is 1. The highest BCUT2D eigenvalue weighted by Gasteiger charge is 2.25. The summed E-state index contributed by atoms with van der Waals surface area (Å²) < 4.78 is 0. The Kier molecular flexibility index (Phi) is 6.33. The van der Waals surface area contributed by atoms with Crippen molar-refractivity contribution in [2.45, 2.75) is 38.6 Å². The van der Waals surface area contributed by atoms with Crippen LogP contribution in [0, 0.1) is 12.8 Å². The molecule has 25 heavy (non-hydrogen) atoms. The van der Waals surface area contributed by atoms with Gasteiger partial charge in [-0.2, -0.15) is 0 Å². The number of carbonyl (C=O) groups excluding carboxylic acids is 1. The number of nitrogens with zero attached hydrogens (tertiary/aromatic N) is 1. The van der Waals surface area contributed by atoms with Crippen molar-refractivity contribution >= 4 is 24.0 Å². The molecule has 134 valence electrons. The maximum atomic E-state index is 12.1. The van der Waals surface area contributed by atoms with E-state index in [1.165, 1.54) is 6.07 Å². The van der Waals surface area contributed by atoms with Gasteiger partial charge in [0.05, 0.1) is 0 Å². The van der Waals surface area contributed by atoms with Crippen LogP contribution in [0.1, 0.15) is 31.4 Å². The number of benzene rings is 1. The molecule has 1 aromatic carbocycles. The Balaban J connectivity index is 0.00000225. The first-order valence-electron chi connectivity index (χ1n) is 8.25. The van der Waals surface area contributed by atoms with Crippen LogP contribution in [0.3, 0.4) is 0 Å². The lowest BCUT2D eigenvalue weighted by Crippen LogP contribution is -2.28. The number of rotatable bonds is 4. The van der Waals surface area contributed by atoms with Crippen molar-refractivity contribution in [3.63, 3.8) is 0 Å². The summed E-state index contributed by atoms with van der Waals surface area (Å²) in [6.07, 6.45) is 3.61. The van der Waals surface area contributed by atoms with E-state index in [4.69, 9.17) is 5.73 Å². The lowest BCUT2D eigenvalue weighted by Gasteiger charge is -2.14. The average molecular weight is 363 g/mol. The Morgan fingerprint density at radius 2 is 2.04 bits per heavy atom. The number of nitrogens with one attached hydrogen (secondary N) is 2. The van der Waals surface area contributed by atoms with E-state index in [1.54, 1.807) is 6.92 Å². The van der Waals surface area contributed by atoms with Crippen molar-refractivity contribution in [1.82, 2.24) is 9.97 Å². The molecule has 1 saturated carbocycles. The van der Waals surface area contributed by atoms with E-state index in [0.29, 0.717) is 17.9 Å². The van der Waals surface area contributed by atoms with Gasteiger partial charge in [0, 0.05) is 35.5 Å². The maximum Gasteiger partial charge on any atom is 0.251 e. The molecular formula is C18H23ClN4O2. The molecule has 0 radical (unpaired) electrons. The third kappa shape index (κ3) is 4.90. The molecule has 1 heterocycles. The SMILES string of the molecule is Cc1cc(=O)[nH]c(-c2ccc(NC(=O)C[C@@H]3CCC[C@H]3N)cc2)n1.Cl. The molecule has 1 fully saturated rings. The van der Waals surface area contributed by atoms with Crippen LogP contribution in [0.5, 0.6) is 0 Å². The Bertz CT molecular complexity index is 788. The summed E-state index contributed by atoms with van der Waals surface area (Å²) in [5.74, 6) is 0.799. The number of halogens is 1. The minimum Gasteiger partial charge on any atom is -0.327 e. The van der Waals surface area contributed by atoms with Crippen molar-refractivity contribution in [1.29, 1.82) is 0 Å². The first-order valence-corrected chi connectivity index (χ1v) is 8.25. The number of nitrogens with two attached hydrogens (primary N) is 1. The fourth-order valence-corrected chi connectivity index (χ4v) is 3.20. The molecule has 0 bridgehead atoms. The van der Waals surface area contributed by atoms with Gasteiger partial charge in [-0.25, -0.2) is 4.98 Å². The van der Waals surface area contributed by atoms with Gasteiger partial charge in [-0.3, -0.25) is 9.59 Å². The second-order valence-corrected chi connectivity index (χ2v) is 6.42. The van der Waals surface area contributed by atoms with Crippen LogP contribution in [0.15, 0.2) is 35.1 Å². The van der Waals surface area contributed by atoms with Crippen molar-refractivity contribution in [3.8, 4) is 11.4 Å². The summed E-state index contributed by atoms with van der Waals surface area (Å²) in [7, 11) is 0. The van der Waals surface area contributed by atoms with Gasteiger partial charge < -0.3 is 16.0 Å². The molecule has 1 aliphatic carbocycles. The third-order valence-corrected chi connectivity index (χ3v) is 4.48. The Morgan fingerprint density at radius 3 is 2.64 bits per heavy atom. The smallest absolute Gasteiger partial charge is 0.251 e. The number of aryl methyl sites for hydroxylation is 1. The molecule has 1 aromatic heterocycles. The molecule has 0 unspecified atom stereocenters. The van der Waals surface area contributed by atoms with Gasteiger partial charge >= 0.3 is 0 Å².